The Hall–Kier alpha value is -3.11. The standard InChI is InChI=1S/C23H19ClN2O2/c1-28-20-12-11-18(16-5-3-2-4-6-16)22-19(20)13-21(25-22)26-23(27)17-9-7-15(14-24)8-10-17/h2-12H,13-14H2,1H3,(H,25,26,27). The van der Waals surface area contributed by atoms with Crippen LogP contribution in [0.4, 0.5) is 5.69 Å². The van der Waals surface area contributed by atoms with Crippen molar-refractivity contribution in [3.63, 3.8) is 0 Å². The number of alkyl halides is 1. The van der Waals surface area contributed by atoms with Crippen LogP contribution in [0.5, 0.6) is 5.75 Å². The topological polar surface area (TPSA) is 50.7 Å². The molecule has 1 aliphatic heterocycles. The van der Waals surface area contributed by atoms with Crippen LogP contribution in [-0.2, 0) is 12.3 Å². The predicted molar refractivity (Wildman–Crippen MR) is 113 cm³/mol. The van der Waals surface area contributed by atoms with Crippen LogP contribution in [0.25, 0.3) is 11.1 Å². The number of carbonyl (C=O) groups is 1. The molecule has 3 aromatic rings. The van der Waals surface area contributed by atoms with E-state index < -0.39 is 0 Å². The summed E-state index contributed by atoms with van der Waals surface area (Å²) in [6.45, 7) is 0. The fraction of sp³-hybridized carbons (Fsp3) is 0.130. The summed E-state index contributed by atoms with van der Waals surface area (Å²) in [5.41, 5.74) is 5.47. The summed E-state index contributed by atoms with van der Waals surface area (Å²) >= 11 is 5.81. The van der Waals surface area contributed by atoms with Crippen LogP contribution in [0.3, 0.4) is 0 Å². The molecule has 0 radical (unpaired) electrons. The lowest BCUT2D eigenvalue weighted by Gasteiger charge is -2.10. The first-order valence-electron chi connectivity index (χ1n) is 8.98. The van der Waals surface area contributed by atoms with Crippen molar-refractivity contribution < 1.29 is 9.53 Å². The molecule has 0 unspecified atom stereocenters. The van der Waals surface area contributed by atoms with Gasteiger partial charge in [0.2, 0.25) is 0 Å². The Balaban J connectivity index is 1.63. The van der Waals surface area contributed by atoms with E-state index in [2.05, 4.69) is 5.32 Å². The maximum absolute atomic E-state index is 12.6. The third-order valence-corrected chi connectivity index (χ3v) is 5.07. The van der Waals surface area contributed by atoms with E-state index in [1.165, 1.54) is 0 Å². The van der Waals surface area contributed by atoms with Gasteiger partial charge in [-0.1, -0.05) is 42.5 Å². The molecule has 1 heterocycles. The van der Waals surface area contributed by atoms with Crippen molar-refractivity contribution >= 4 is 29.0 Å². The minimum Gasteiger partial charge on any atom is -0.496 e. The van der Waals surface area contributed by atoms with Gasteiger partial charge in [-0.25, -0.2) is 4.99 Å². The number of nitrogens with zero attached hydrogens (tertiary/aromatic N) is 1. The molecule has 0 fully saturated rings. The van der Waals surface area contributed by atoms with Crippen LogP contribution in [0.15, 0.2) is 71.7 Å². The second-order valence-corrected chi connectivity index (χ2v) is 6.80. The van der Waals surface area contributed by atoms with Crippen molar-refractivity contribution in [2.24, 2.45) is 4.99 Å². The number of nitrogens with one attached hydrogen (secondary N) is 1. The van der Waals surface area contributed by atoms with Gasteiger partial charge in [-0.05, 0) is 35.4 Å². The predicted octanol–water partition coefficient (Wildman–Crippen LogP) is 5.12. The van der Waals surface area contributed by atoms with Gasteiger partial charge in [0, 0.05) is 29.0 Å². The number of methoxy groups -OCH3 is 1. The monoisotopic (exact) mass is 390 g/mol. The Morgan fingerprint density at radius 2 is 1.82 bits per heavy atom. The molecule has 3 aromatic carbocycles. The first-order valence-corrected chi connectivity index (χ1v) is 9.52. The number of fused-ring (bicyclic) bond motifs is 1. The first kappa shape index (κ1) is 18.3. The van der Waals surface area contributed by atoms with Crippen molar-refractivity contribution in [1.29, 1.82) is 0 Å². The number of halogens is 1. The van der Waals surface area contributed by atoms with Gasteiger partial charge in [-0.3, -0.25) is 4.79 Å². The highest BCUT2D eigenvalue weighted by Gasteiger charge is 2.24. The molecule has 0 aliphatic carbocycles. The van der Waals surface area contributed by atoms with Gasteiger partial charge in [0.25, 0.3) is 5.91 Å². The third kappa shape index (κ3) is 3.51. The molecule has 0 spiro atoms. The Morgan fingerprint density at radius 1 is 1.07 bits per heavy atom. The molecule has 5 heteroatoms. The molecular weight excluding hydrogens is 372 g/mol. The van der Waals surface area contributed by atoms with Crippen LogP contribution in [0, 0.1) is 0 Å². The third-order valence-electron chi connectivity index (χ3n) is 4.76. The van der Waals surface area contributed by atoms with Gasteiger partial charge in [-0.2, -0.15) is 0 Å². The number of ether oxygens (including phenoxy) is 1. The second-order valence-electron chi connectivity index (χ2n) is 6.53. The largest absolute Gasteiger partial charge is 0.496 e. The van der Waals surface area contributed by atoms with Gasteiger partial charge in [0.1, 0.15) is 11.6 Å². The summed E-state index contributed by atoms with van der Waals surface area (Å²) in [7, 11) is 1.65. The van der Waals surface area contributed by atoms with E-state index in [1.807, 2.05) is 54.6 Å². The van der Waals surface area contributed by atoms with E-state index in [4.69, 9.17) is 21.3 Å². The maximum Gasteiger partial charge on any atom is 0.256 e. The van der Waals surface area contributed by atoms with Crippen LogP contribution in [-0.4, -0.2) is 18.9 Å². The van der Waals surface area contributed by atoms with E-state index in [-0.39, 0.29) is 5.91 Å². The lowest BCUT2D eigenvalue weighted by molar-refractivity contribution is 0.0976. The van der Waals surface area contributed by atoms with Crippen LogP contribution < -0.4 is 10.1 Å². The zero-order valence-corrected chi connectivity index (χ0v) is 16.2. The van der Waals surface area contributed by atoms with Crippen LogP contribution in [0.1, 0.15) is 21.5 Å². The second kappa shape index (κ2) is 7.87. The highest BCUT2D eigenvalue weighted by atomic mass is 35.5. The van der Waals surface area contributed by atoms with Crippen LogP contribution >= 0.6 is 11.6 Å². The summed E-state index contributed by atoms with van der Waals surface area (Å²) < 4.78 is 5.51. The smallest absolute Gasteiger partial charge is 0.256 e. The fourth-order valence-electron chi connectivity index (χ4n) is 3.32. The number of benzene rings is 3. The van der Waals surface area contributed by atoms with Crippen molar-refractivity contribution in [2.75, 3.05) is 7.11 Å². The van der Waals surface area contributed by atoms with Gasteiger partial charge in [-0.15, -0.1) is 11.6 Å². The Bertz CT molecular complexity index is 1040. The van der Waals surface area contributed by atoms with E-state index in [0.717, 1.165) is 33.7 Å². The Kier molecular flexibility index (Phi) is 5.13. The van der Waals surface area contributed by atoms with Crippen molar-refractivity contribution in [1.82, 2.24) is 5.32 Å². The molecule has 28 heavy (non-hydrogen) atoms. The summed E-state index contributed by atoms with van der Waals surface area (Å²) in [6, 6.07) is 21.3. The molecule has 140 valence electrons. The fourth-order valence-corrected chi connectivity index (χ4v) is 3.50. The number of carbonyl (C=O) groups excluding carboxylic acids is 1. The number of aliphatic imine (C=N–C) groups is 1. The van der Waals surface area contributed by atoms with E-state index in [9.17, 15) is 4.79 Å². The lowest BCUT2D eigenvalue weighted by Crippen LogP contribution is -2.30. The molecule has 4 nitrogen and oxygen atoms in total. The number of amidine groups is 1. The number of rotatable bonds is 4. The molecule has 0 aromatic heterocycles. The average Bonchev–Trinajstić information content (AvgIpc) is 3.17. The lowest BCUT2D eigenvalue weighted by atomic mass is 9.99. The van der Waals surface area contributed by atoms with Gasteiger partial charge >= 0.3 is 0 Å². The highest BCUT2D eigenvalue weighted by Crippen LogP contribution is 2.42. The van der Waals surface area contributed by atoms with E-state index in [0.29, 0.717) is 23.7 Å². The molecule has 1 N–H and O–H groups in total. The summed E-state index contributed by atoms with van der Waals surface area (Å²) in [4.78, 5) is 17.3. The van der Waals surface area contributed by atoms with E-state index in [1.54, 1.807) is 19.2 Å². The molecule has 1 amide bonds. The first-order chi connectivity index (χ1) is 13.7. The summed E-state index contributed by atoms with van der Waals surface area (Å²) in [6.07, 6.45) is 0.519. The summed E-state index contributed by atoms with van der Waals surface area (Å²) in [5, 5.41) is 2.93. The molecule has 0 bridgehead atoms. The van der Waals surface area contributed by atoms with Gasteiger partial charge < -0.3 is 10.1 Å². The minimum atomic E-state index is -0.187. The Labute approximate surface area is 168 Å². The Morgan fingerprint density at radius 3 is 2.50 bits per heavy atom. The number of hydrogen-bond donors (Lipinski definition) is 1. The molecule has 0 atom stereocenters. The molecule has 1 aliphatic rings. The molecule has 4 rings (SSSR count). The SMILES string of the molecule is COc1ccc(-c2ccccc2)c2c1CC(NC(=O)c1ccc(CCl)cc1)=N2. The average molecular weight is 391 g/mol. The highest BCUT2D eigenvalue weighted by molar-refractivity contribution is 6.17. The maximum atomic E-state index is 12.6. The molecule has 0 saturated carbocycles. The van der Waals surface area contributed by atoms with Crippen molar-refractivity contribution in [2.45, 2.75) is 12.3 Å². The normalized spacial score (nSPS) is 12.3. The number of amides is 1. The number of hydrogen-bond acceptors (Lipinski definition) is 3. The van der Waals surface area contributed by atoms with Crippen LogP contribution in [0.2, 0.25) is 0 Å². The van der Waals surface area contributed by atoms with Crippen molar-refractivity contribution in [3.8, 4) is 16.9 Å². The zero-order chi connectivity index (χ0) is 19.5. The quantitative estimate of drug-likeness (QED) is 0.629. The van der Waals surface area contributed by atoms with Crippen molar-refractivity contribution in [3.05, 3.63) is 83.4 Å². The molecule has 0 saturated heterocycles. The zero-order valence-electron chi connectivity index (χ0n) is 15.4. The molecular formula is C23H19ClN2O2. The summed E-state index contributed by atoms with van der Waals surface area (Å²) in [5.74, 6) is 1.62. The van der Waals surface area contributed by atoms with Gasteiger partial charge in [0.05, 0.1) is 12.8 Å². The van der Waals surface area contributed by atoms with E-state index >= 15 is 0 Å². The van der Waals surface area contributed by atoms with Gasteiger partial charge in [0.15, 0.2) is 0 Å². The minimum absolute atomic E-state index is 0.187.